The van der Waals surface area contributed by atoms with Gasteiger partial charge in [0.2, 0.25) is 0 Å². The smallest absolute Gasteiger partial charge is 0.0414 e. The van der Waals surface area contributed by atoms with Crippen LogP contribution in [0.2, 0.25) is 0 Å². The fourth-order valence-electron chi connectivity index (χ4n) is 3.68. The molecular weight excluding hydrogens is 256 g/mol. The third-order valence-electron chi connectivity index (χ3n) is 5.13. The van der Waals surface area contributed by atoms with Gasteiger partial charge in [-0.1, -0.05) is 39.0 Å². The molecule has 0 amide bonds. The molecule has 2 heteroatoms. The topological polar surface area (TPSA) is 15.3 Å². The lowest BCUT2D eigenvalue weighted by Gasteiger charge is -2.28. The van der Waals surface area contributed by atoms with Crippen LogP contribution in [0.15, 0.2) is 24.3 Å². The fourth-order valence-corrected chi connectivity index (χ4v) is 3.68. The fraction of sp³-hybridized carbons (Fsp3) is 0.684. The van der Waals surface area contributed by atoms with E-state index < -0.39 is 0 Å². The lowest BCUT2D eigenvalue weighted by molar-refractivity contribution is 0.351. The molecule has 2 unspecified atom stereocenters. The second-order valence-corrected chi connectivity index (χ2v) is 6.73. The van der Waals surface area contributed by atoms with Crippen LogP contribution in [0.4, 0.5) is 5.69 Å². The summed E-state index contributed by atoms with van der Waals surface area (Å²) < 4.78 is 0. The molecular formula is C19H32N2. The molecule has 0 aliphatic carbocycles. The molecule has 1 aromatic carbocycles. The first-order chi connectivity index (χ1) is 10.2. The number of hydrogen-bond acceptors (Lipinski definition) is 2. The molecule has 2 rings (SSSR count). The van der Waals surface area contributed by atoms with E-state index in [1.807, 2.05) is 0 Å². The highest BCUT2D eigenvalue weighted by molar-refractivity contribution is 5.55. The summed E-state index contributed by atoms with van der Waals surface area (Å²) in [5.41, 5.74) is 2.91. The van der Waals surface area contributed by atoms with Crippen molar-refractivity contribution in [3.8, 4) is 0 Å². The van der Waals surface area contributed by atoms with Crippen LogP contribution in [0.25, 0.3) is 0 Å². The van der Waals surface area contributed by atoms with Gasteiger partial charge in [-0.2, -0.15) is 0 Å². The Morgan fingerprint density at radius 1 is 1.19 bits per heavy atom. The minimum atomic E-state index is 0.463. The SMILES string of the molecule is CCC(NC)c1ccccc1N1CCCC(C(C)C)CC1. The molecule has 0 saturated carbocycles. The standard InChI is InChI=1S/C19H32N2/c1-5-18(20-4)17-10-6-7-11-19(17)21-13-8-9-16(12-14-21)15(2)3/h6-7,10-11,15-16,18,20H,5,8-9,12-14H2,1-4H3. The van der Waals surface area contributed by atoms with E-state index in [-0.39, 0.29) is 0 Å². The lowest BCUT2D eigenvalue weighted by Crippen LogP contribution is -2.27. The van der Waals surface area contributed by atoms with E-state index in [2.05, 4.69) is 62.3 Å². The summed E-state index contributed by atoms with van der Waals surface area (Å²) in [6, 6.07) is 9.43. The van der Waals surface area contributed by atoms with Gasteiger partial charge in [0.05, 0.1) is 0 Å². The number of anilines is 1. The number of nitrogens with zero attached hydrogens (tertiary/aromatic N) is 1. The molecule has 21 heavy (non-hydrogen) atoms. The third-order valence-corrected chi connectivity index (χ3v) is 5.13. The Labute approximate surface area is 130 Å². The number of rotatable bonds is 5. The minimum Gasteiger partial charge on any atom is -0.371 e. The molecule has 2 nitrogen and oxygen atoms in total. The molecule has 1 fully saturated rings. The van der Waals surface area contributed by atoms with Crippen molar-refractivity contribution in [2.75, 3.05) is 25.0 Å². The van der Waals surface area contributed by atoms with Gasteiger partial charge in [0, 0.05) is 24.8 Å². The normalized spacial score (nSPS) is 21.4. The van der Waals surface area contributed by atoms with Crippen molar-refractivity contribution in [2.24, 2.45) is 11.8 Å². The second kappa shape index (κ2) is 7.84. The van der Waals surface area contributed by atoms with Gasteiger partial charge in [-0.15, -0.1) is 0 Å². The largest absolute Gasteiger partial charge is 0.371 e. The Bertz CT molecular complexity index is 423. The van der Waals surface area contributed by atoms with E-state index in [9.17, 15) is 0 Å². The monoisotopic (exact) mass is 288 g/mol. The zero-order valence-corrected chi connectivity index (χ0v) is 14.2. The van der Waals surface area contributed by atoms with Crippen LogP contribution >= 0.6 is 0 Å². The zero-order valence-electron chi connectivity index (χ0n) is 14.2. The Kier molecular flexibility index (Phi) is 6.10. The van der Waals surface area contributed by atoms with Gasteiger partial charge in [0.15, 0.2) is 0 Å². The van der Waals surface area contributed by atoms with Gasteiger partial charge in [-0.3, -0.25) is 0 Å². The Morgan fingerprint density at radius 3 is 2.62 bits per heavy atom. The summed E-state index contributed by atoms with van der Waals surface area (Å²) in [6.45, 7) is 9.43. The lowest BCUT2D eigenvalue weighted by atomic mass is 9.89. The molecule has 1 heterocycles. The minimum absolute atomic E-state index is 0.463. The highest BCUT2D eigenvalue weighted by atomic mass is 15.1. The number of para-hydroxylation sites is 1. The van der Waals surface area contributed by atoms with E-state index in [1.54, 1.807) is 0 Å². The molecule has 1 saturated heterocycles. The number of benzene rings is 1. The maximum absolute atomic E-state index is 3.46. The average Bonchev–Trinajstić information content (AvgIpc) is 2.75. The maximum Gasteiger partial charge on any atom is 0.0414 e. The Balaban J connectivity index is 2.18. The first-order valence-electron chi connectivity index (χ1n) is 8.68. The molecule has 1 N–H and O–H groups in total. The highest BCUT2D eigenvalue weighted by Gasteiger charge is 2.22. The maximum atomic E-state index is 3.46. The van der Waals surface area contributed by atoms with Gasteiger partial charge < -0.3 is 10.2 Å². The van der Waals surface area contributed by atoms with Gasteiger partial charge >= 0.3 is 0 Å². The predicted molar refractivity (Wildman–Crippen MR) is 92.9 cm³/mol. The molecule has 2 atom stereocenters. The molecule has 1 aliphatic heterocycles. The van der Waals surface area contributed by atoms with Gasteiger partial charge in [0.1, 0.15) is 0 Å². The van der Waals surface area contributed by atoms with Crippen molar-refractivity contribution in [3.05, 3.63) is 29.8 Å². The summed E-state index contributed by atoms with van der Waals surface area (Å²) >= 11 is 0. The quantitative estimate of drug-likeness (QED) is 0.850. The van der Waals surface area contributed by atoms with Crippen LogP contribution in [0, 0.1) is 11.8 Å². The van der Waals surface area contributed by atoms with Crippen LogP contribution < -0.4 is 10.2 Å². The second-order valence-electron chi connectivity index (χ2n) is 6.73. The van der Waals surface area contributed by atoms with Crippen LogP contribution in [0.1, 0.15) is 58.1 Å². The van der Waals surface area contributed by atoms with Crippen molar-refractivity contribution >= 4 is 5.69 Å². The third kappa shape index (κ3) is 4.00. The summed E-state index contributed by atoms with van der Waals surface area (Å²) in [5, 5.41) is 3.46. The summed E-state index contributed by atoms with van der Waals surface area (Å²) in [5.74, 6) is 1.72. The van der Waals surface area contributed by atoms with E-state index in [1.165, 1.54) is 43.6 Å². The van der Waals surface area contributed by atoms with Crippen molar-refractivity contribution in [2.45, 2.75) is 52.5 Å². The van der Waals surface area contributed by atoms with Crippen LogP contribution in [0.3, 0.4) is 0 Å². The zero-order chi connectivity index (χ0) is 15.2. The molecule has 0 radical (unpaired) electrons. The highest BCUT2D eigenvalue weighted by Crippen LogP contribution is 2.32. The van der Waals surface area contributed by atoms with Crippen LogP contribution in [0.5, 0.6) is 0 Å². The van der Waals surface area contributed by atoms with E-state index in [0.29, 0.717) is 6.04 Å². The van der Waals surface area contributed by atoms with Crippen molar-refractivity contribution in [3.63, 3.8) is 0 Å². The van der Waals surface area contributed by atoms with Gasteiger partial charge in [-0.25, -0.2) is 0 Å². The van der Waals surface area contributed by atoms with Gasteiger partial charge in [0.25, 0.3) is 0 Å². The van der Waals surface area contributed by atoms with Crippen LogP contribution in [-0.2, 0) is 0 Å². The first kappa shape index (κ1) is 16.4. The Morgan fingerprint density at radius 2 is 1.95 bits per heavy atom. The molecule has 118 valence electrons. The summed E-state index contributed by atoms with van der Waals surface area (Å²) in [7, 11) is 2.07. The average molecular weight is 288 g/mol. The number of hydrogen-bond donors (Lipinski definition) is 1. The first-order valence-corrected chi connectivity index (χ1v) is 8.68. The van der Waals surface area contributed by atoms with E-state index in [4.69, 9.17) is 0 Å². The van der Waals surface area contributed by atoms with Crippen molar-refractivity contribution in [1.29, 1.82) is 0 Å². The van der Waals surface area contributed by atoms with Gasteiger partial charge in [-0.05, 0) is 56.2 Å². The van der Waals surface area contributed by atoms with Crippen molar-refractivity contribution < 1.29 is 0 Å². The molecule has 0 bridgehead atoms. The number of nitrogens with one attached hydrogen (secondary N) is 1. The molecule has 1 aliphatic rings. The Hall–Kier alpha value is -1.02. The molecule has 0 aromatic heterocycles. The summed E-state index contributed by atoms with van der Waals surface area (Å²) in [6.07, 6.45) is 5.19. The summed E-state index contributed by atoms with van der Waals surface area (Å²) in [4.78, 5) is 2.62. The van der Waals surface area contributed by atoms with E-state index >= 15 is 0 Å². The van der Waals surface area contributed by atoms with Crippen LogP contribution in [-0.4, -0.2) is 20.1 Å². The van der Waals surface area contributed by atoms with E-state index in [0.717, 1.165) is 18.3 Å². The molecule has 1 aromatic rings. The predicted octanol–water partition coefficient (Wildman–Crippen LogP) is 4.62. The molecule has 0 spiro atoms. The van der Waals surface area contributed by atoms with Crippen molar-refractivity contribution in [1.82, 2.24) is 5.32 Å².